The minimum absolute atomic E-state index is 0.170. The molecular weight excluding hydrogens is 340 g/mol. The highest BCUT2D eigenvalue weighted by molar-refractivity contribution is 9.10. The van der Waals surface area contributed by atoms with E-state index in [1.807, 2.05) is 30.3 Å². The Balaban J connectivity index is 1.90. The fourth-order valence-corrected chi connectivity index (χ4v) is 2.74. The van der Waals surface area contributed by atoms with Crippen LogP contribution in [0.2, 0.25) is 0 Å². The van der Waals surface area contributed by atoms with E-state index in [4.69, 9.17) is 9.84 Å². The highest BCUT2D eigenvalue weighted by atomic mass is 79.9. The molecule has 0 heterocycles. The zero-order valence-electron chi connectivity index (χ0n) is 10.6. The van der Waals surface area contributed by atoms with Gasteiger partial charge in [-0.3, -0.25) is 0 Å². The van der Waals surface area contributed by atoms with Gasteiger partial charge in [0.2, 0.25) is 0 Å². The van der Waals surface area contributed by atoms with Gasteiger partial charge in [0.05, 0.1) is 6.61 Å². The molecule has 2 aromatic carbocycles. The van der Waals surface area contributed by atoms with E-state index in [-0.39, 0.29) is 5.56 Å². The first kappa shape index (κ1) is 14.9. The van der Waals surface area contributed by atoms with Gasteiger partial charge in [-0.25, -0.2) is 4.79 Å². The second kappa shape index (κ2) is 7.36. The summed E-state index contributed by atoms with van der Waals surface area (Å²) in [4.78, 5) is 12.3. The Bertz CT molecular complexity index is 587. The maximum atomic E-state index is 11.1. The van der Waals surface area contributed by atoms with Gasteiger partial charge in [0.15, 0.2) is 0 Å². The zero-order valence-corrected chi connectivity index (χ0v) is 13.0. The fourth-order valence-electron chi connectivity index (χ4n) is 1.62. The molecule has 5 heteroatoms. The average molecular weight is 353 g/mol. The molecule has 3 nitrogen and oxygen atoms in total. The van der Waals surface area contributed by atoms with Gasteiger partial charge in [-0.2, -0.15) is 0 Å². The first-order valence-corrected chi connectivity index (χ1v) is 7.78. The molecule has 2 rings (SSSR count). The van der Waals surface area contributed by atoms with Gasteiger partial charge in [-0.1, -0.05) is 34.1 Å². The van der Waals surface area contributed by atoms with Gasteiger partial charge in [-0.05, 0) is 30.3 Å². The number of hydrogen-bond acceptors (Lipinski definition) is 3. The van der Waals surface area contributed by atoms with E-state index >= 15 is 0 Å². The summed E-state index contributed by atoms with van der Waals surface area (Å²) in [5, 5.41) is 9.12. The molecule has 0 atom stereocenters. The Morgan fingerprint density at radius 2 is 1.95 bits per heavy atom. The lowest BCUT2D eigenvalue weighted by Gasteiger charge is -2.09. The van der Waals surface area contributed by atoms with Crippen LogP contribution in [0, 0.1) is 0 Å². The van der Waals surface area contributed by atoms with E-state index in [0.29, 0.717) is 12.4 Å². The summed E-state index contributed by atoms with van der Waals surface area (Å²) in [6.45, 7) is 0.460. The lowest BCUT2D eigenvalue weighted by Crippen LogP contribution is -2.06. The second-order valence-electron chi connectivity index (χ2n) is 3.96. The molecule has 0 aliphatic carbocycles. The van der Waals surface area contributed by atoms with Crippen molar-refractivity contribution in [3.8, 4) is 5.75 Å². The highest BCUT2D eigenvalue weighted by Gasteiger charge is 2.11. The van der Waals surface area contributed by atoms with Crippen LogP contribution in [0.15, 0.2) is 57.9 Å². The van der Waals surface area contributed by atoms with Gasteiger partial charge in [0, 0.05) is 15.1 Å². The Labute approximate surface area is 130 Å². The third kappa shape index (κ3) is 4.28. The summed E-state index contributed by atoms with van der Waals surface area (Å²) in [6, 6.07) is 15.0. The smallest absolute Gasteiger partial charge is 0.339 e. The van der Waals surface area contributed by atoms with Crippen molar-refractivity contribution < 1.29 is 14.6 Å². The SMILES string of the molecule is O=C(O)c1cc(Br)ccc1OCCSc1ccccc1. The third-order valence-electron chi connectivity index (χ3n) is 2.52. The highest BCUT2D eigenvalue weighted by Crippen LogP contribution is 2.24. The van der Waals surface area contributed by atoms with E-state index in [9.17, 15) is 4.79 Å². The number of thioether (sulfide) groups is 1. The van der Waals surface area contributed by atoms with Crippen LogP contribution in [0.25, 0.3) is 0 Å². The number of carboxylic acids is 1. The number of benzene rings is 2. The van der Waals surface area contributed by atoms with Gasteiger partial charge in [-0.15, -0.1) is 11.8 Å². The predicted molar refractivity (Wildman–Crippen MR) is 83.8 cm³/mol. The Hall–Kier alpha value is -1.46. The summed E-state index contributed by atoms with van der Waals surface area (Å²) < 4.78 is 6.28. The van der Waals surface area contributed by atoms with Crippen molar-refractivity contribution in [3.63, 3.8) is 0 Å². The standard InChI is InChI=1S/C15H13BrO3S/c16-11-6-7-14(13(10-11)15(17)18)19-8-9-20-12-4-2-1-3-5-12/h1-7,10H,8-9H2,(H,17,18). The lowest BCUT2D eigenvalue weighted by molar-refractivity contribution is 0.0692. The first-order chi connectivity index (χ1) is 9.66. The van der Waals surface area contributed by atoms with Crippen molar-refractivity contribution in [2.24, 2.45) is 0 Å². The third-order valence-corrected chi connectivity index (χ3v) is 3.99. The second-order valence-corrected chi connectivity index (χ2v) is 6.04. The summed E-state index contributed by atoms with van der Waals surface area (Å²) in [5.74, 6) is 0.172. The molecule has 0 saturated carbocycles. The minimum Gasteiger partial charge on any atom is -0.492 e. The molecule has 20 heavy (non-hydrogen) atoms. The molecular formula is C15H13BrO3S. The van der Waals surface area contributed by atoms with Crippen LogP contribution in [0.5, 0.6) is 5.75 Å². The predicted octanol–water partition coefficient (Wildman–Crippen LogP) is 4.32. The Kier molecular flexibility index (Phi) is 5.49. The molecule has 0 saturated heterocycles. The van der Waals surface area contributed by atoms with Crippen LogP contribution in [0.4, 0.5) is 0 Å². The largest absolute Gasteiger partial charge is 0.492 e. The molecule has 0 aliphatic rings. The van der Waals surface area contributed by atoms with Crippen molar-refractivity contribution in [3.05, 3.63) is 58.6 Å². The zero-order chi connectivity index (χ0) is 14.4. The molecule has 0 fully saturated rings. The van der Waals surface area contributed by atoms with E-state index < -0.39 is 5.97 Å². The average Bonchev–Trinajstić information content (AvgIpc) is 2.45. The number of carboxylic acid groups (broad SMARTS) is 1. The van der Waals surface area contributed by atoms with E-state index in [0.717, 1.165) is 10.2 Å². The molecule has 0 bridgehead atoms. The topological polar surface area (TPSA) is 46.5 Å². The van der Waals surface area contributed by atoms with Crippen molar-refractivity contribution >= 4 is 33.7 Å². The molecule has 0 aromatic heterocycles. The number of aromatic carboxylic acids is 1. The Morgan fingerprint density at radius 3 is 2.65 bits per heavy atom. The first-order valence-electron chi connectivity index (χ1n) is 6.00. The molecule has 0 spiro atoms. The Morgan fingerprint density at radius 1 is 1.20 bits per heavy atom. The normalized spacial score (nSPS) is 10.2. The summed E-state index contributed by atoms with van der Waals surface area (Å²) in [6.07, 6.45) is 0. The maximum absolute atomic E-state index is 11.1. The van der Waals surface area contributed by atoms with Gasteiger partial charge in [0.1, 0.15) is 11.3 Å². The van der Waals surface area contributed by atoms with Crippen molar-refractivity contribution in [1.29, 1.82) is 0 Å². The van der Waals surface area contributed by atoms with Crippen molar-refractivity contribution in [2.75, 3.05) is 12.4 Å². The van der Waals surface area contributed by atoms with Crippen molar-refractivity contribution in [2.45, 2.75) is 4.90 Å². The monoisotopic (exact) mass is 352 g/mol. The summed E-state index contributed by atoms with van der Waals surface area (Å²) in [7, 11) is 0. The quantitative estimate of drug-likeness (QED) is 0.621. The van der Waals surface area contributed by atoms with Crippen molar-refractivity contribution in [1.82, 2.24) is 0 Å². The van der Waals surface area contributed by atoms with Gasteiger partial charge < -0.3 is 9.84 Å². The van der Waals surface area contributed by atoms with Crippen LogP contribution < -0.4 is 4.74 Å². The summed E-state index contributed by atoms with van der Waals surface area (Å²) >= 11 is 4.93. The summed E-state index contributed by atoms with van der Waals surface area (Å²) in [5.41, 5.74) is 0.170. The van der Waals surface area contributed by atoms with Crippen LogP contribution in [-0.4, -0.2) is 23.4 Å². The molecule has 104 valence electrons. The molecule has 0 amide bonds. The molecule has 0 aliphatic heterocycles. The number of rotatable bonds is 6. The number of carbonyl (C=O) groups is 1. The lowest BCUT2D eigenvalue weighted by atomic mass is 10.2. The molecule has 2 aromatic rings. The van der Waals surface area contributed by atoms with Crippen LogP contribution >= 0.6 is 27.7 Å². The van der Waals surface area contributed by atoms with Crippen LogP contribution in [0.3, 0.4) is 0 Å². The van der Waals surface area contributed by atoms with Crippen LogP contribution in [-0.2, 0) is 0 Å². The van der Waals surface area contributed by atoms with E-state index in [1.54, 1.807) is 30.0 Å². The van der Waals surface area contributed by atoms with E-state index in [1.165, 1.54) is 4.90 Å². The number of halogens is 1. The molecule has 0 radical (unpaired) electrons. The minimum atomic E-state index is -0.989. The number of hydrogen-bond donors (Lipinski definition) is 1. The molecule has 0 unspecified atom stereocenters. The van der Waals surface area contributed by atoms with E-state index in [2.05, 4.69) is 15.9 Å². The molecule has 1 N–H and O–H groups in total. The number of ether oxygens (including phenoxy) is 1. The fraction of sp³-hybridized carbons (Fsp3) is 0.133. The van der Waals surface area contributed by atoms with Gasteiger partial charge in [0.25, 0.3) is 0 Å². The maximum Gasteiger partial charge on any atom is 0.339 e. The van der Waals surface area contributed by atoms with Crippen LogP contribution in [0.1, 0.15) is 10.4 Å². The van der Waals surface area contributed by atoms with Gasteiger partial charge >= 0.3 is 5.97 Å².